The van der Waals surface area contributed by atoms with E-state index in [0.29, 0.717) is 0 Å². The van der Waals surface area contributed by atoms with Crippen LogP contribution in [0.4, 0.5) is 0 Å². The number of hydrogen-bond acceptors (Lipinski definition) is 4. The number of benzene rings is 1. The Morgan fingerprint density at radius 2 is 2.22 bits per heavy atom. The number of fused-ring (bicyclic) bond motifs is 1. The fraction of sp³-hybridized carbons (Fsp3) is 0.154. The van der Waals surface area contributed by atoms with E-state index >= 15 is 0 Å². The molecule has 5 nitrogen and oxygen atoms in total. The lowest BCUT2D eigenvalue weighted by Crippen LogP contribution is -2.28. The van der Waals surface area contributed by atoms with Crippen molar-refractivity contribution in [2.45, 2.75) is 6.04 Å². The van der Waals surface area contributed by atoms with E-state index in [4.69, 9.17) is 10.3 Å². The average Bonchev–Trinajstić information content (AvgIpc) is 2.96. The highest BCUT2D eigenvalue weighted by Gasteiger charge is 2.18. The van der Waals surface area contributed by atoms with E-state index in [9.17, 15) is 0 Å². The summed E-state index contributed by atoms with van der Waals surface area (Å²) in [6.45, 7) is 0. The lowest BCUT2D eigenvalue weighted by molar-refractivity contribution is 0.477. The zero-order chi connectivity index (χ0) is 12.5. The summed E-state index contributed by atoms with van der Waals surface area (Å²) < 4.78 is 7.54. The van der Waals surface area contributed by atoms with Crippen molar-refractivity contribution in [1.82, 2.24) is 15.2 Å². The monoisotopic (exact) mass is 242 g/mol. The number of nitrogens with two attached hydrogens (primary N) is 1. The van der Waals surface area contributed by atoms with Gasteiger partial charge in [0.1, 0.15) is 17.4 Å². The van der Waals surface area contributed by atoms with Crippen molar-refractivity contribution in [2.24, 2.45) is 12.9 Å². The lowest BCUT2D eigenvalue weighted by Gasteiger charge is -2.10. The van der Waals surface area contributed by atoms with Gasteiger partial charge in [-0.2, -0.15) is 5.10 Å². The molecular formula is C13H14N4O. The fourth-order valence-electron chi connectivity index (χ4n) is 2.08. The van der Waals surface area contributed by atoms with Gasteiger partial charge < -0.3 is 4.42 Å². The van der Waals surface area contributed by atoms with Crippen LogP contribution in [0.15, 0.2) is 47.1 Å². The Hall–Kier alpha value is -2.11. The molecule has 1 atom stereocenters. The van der Waals surface area contributed by atoms with Gasteiger partial charge in [0.2, 0.25) is 0 Å². The number of hydrogen-bond donors (Lipinski definition) is 2. The molecule has 0 radical (unpaired) electrons. The van der Waals surface area contributed by atoms with Gasteiger partial charge in [0.15, 0.2) is 0 Å². The van der Waals surface area contributed by atoms with Crippen LogP contribution in [0, 0.1) is 0 Å². The molecule has 1 unspecified atom stereocenters. The van der Waals surface area contributed by atoms with Crippen LogP contribution in [-0.4, -0.2) is 9.78 Å². The SMILES string of the molecule is Cn1cc(C(NN)c2cc3ccccc3o2)cn1. The first-order valence-electron chi connectivity index (χ1n) is 5.71. The van der Waals surface area contributed by atoms with Crippen LogP contribution in [-0.2, 0) is 7.05 Å². The highest BCUT2D eigenvalue weighted by atomic mass is 16.3. The standard InChI is InChI=1S/C13H14N4O/c1-17-8-10(7-15-17)13(16-14)12-6-9-4-2-3-5-11(9)18-12/h2-8,13,16H,14H2,1H3. The molecule has 0 saturated carbocycles. The summed E-state index contributed by atoms with van der Waals surface area (Å²) in [5.41, 5.74) is 4.59. The van der Waals surface area contributed by atoms with E-state index in [2.05, 4.69) is 10.5 Å². The van der Waals surface area contributed by atoms with Crippen molar-refractivity contribution in [2.75, 3.05) is 0 Å². The zero-order valence-corrected chi connectivity index (χ0v) is 10.00. The van der Waals surface area contributed by atoms with Gasteiger partial charge in [0.25, 0.3) is 0 Å². The summed E-state index contributed by atoms with van der Waals surface area (Å²) in [5, 5.41) is 5.21. The van der Waals surface area contributed by atoms with Crippen molar-refractivity contribution in [3.8, 4) is 0 Å². The lowest BCUT2D eigenvalue weighted by atomic mass is 10.1. The number of aromatic nitrogens is 2. The Labute approximate surface area is 104 Å². The van der Waals surface area contributed by atoms with Crippen LogP contribution < -0.4 is 11.3 Å². The highest BCUT2D eigenvalue weighted by Crippen LogP contribution is 2.27. The number of nitrogens with one attached hydrogen (secondary N) is 1. The summed E-state index contributed by atoms with van der Waals surface area (Å²) in [6.07, 6.45) is 3.69. The quantitative estimate of drug-likeness (QED) is 0.542. The number of rotatable bonds is 3. The molecule has 0 amide bonds. The summed E-state index contributed by atoms with van der Waals surface area (Å²) >= 11 is 0. The van der Waals surface area contributed by atoms with Crippen molar-refractivity contribution >= 4 is 11.0 Å². The number of furan rings is 1. The van der Waals surface area contributed by atoms with Gasteiger partial charge in [0, 0.05) is 24.2 Å². The van der Waals surface area contributed by atoms with Crippen LogP contribution in [0.2, 0.25) is 0 Å². The maximum Gasteiger partial charge on any atom is 0.134 e. The fourth-order valence-corrected chi connectivity index (χ4v) is 2.08. The Bertz CT molecular complexity index is 637. The second-order valence-corrected chi connectivity index (χ2v) is 4.23. The molecule has 2 aromatic heterocycles. The van der Waals surface area contributed by atoms with E-state index in [1.165, 1.54) is 0 Å². The molecule has 18 heavy (non-hydrogen) atoms. The molecule has 0 aliphatic rings. The normalized spacial score (nSPS) is 13.0. The molecule has 2 heterocycles. The van der Waals surface area contributed by atoms with Gasteiger partial charge >= 0.3 is 0 Å². The molecular weight excluding hydrogens is 228 g/mol. The molecule has 3 aromatic rings. The molecule has 0 aliphatic heterocycles. The molecule has 0 fully saturated rings. The molecule has 0 aliphatic carbocycles. The van der Waals surface area contributed by atoms with Gasteiger partial charge in [-0.25, -0.2) is 5.43 Å². The van der Waals surface area contributed by atoms with Crippen molar-refractivity contribution in [3.63, 3.8) is 0 Å². The molecule has 5 heteroatoms. The van der Waals surface area contributed by atoms with Crippen LogP contribution in [0.3, 0.4) is 0 Å². The van der Waals surface area contributed by atoms with Gasteiger partial charge in [-0.05, 0) is 12.1 Å². The van der Waals surface area contributed by atoms with Crippen LogP contribution in [0.5, 0.6) is 0 Å². The third kappa shape index (κ3) is 1.79. The third-order valence-electron chi connectivity index (χ3n) is 2.95. The van der Waals surface area contributed by atoms with E-state index in [-0.39, 0.29) is 6.04 Å². The first kappa shape index (κ1) is 11.0. The molecule has 0 bridgehead atoms. The molecule has 0 spiro atoms. The number of hydrazine groups is 1. The Morgan fingerprint density at radius 1 is 1.39 bits per heavy atom. The Morgan fingerprint density at radius 3 is 2.89 bits per heavy atom. The summed E-state index contributed by atoms with van der Waals surface area (Å²) in [6, 6.07) is 9.69. The Kier molecular flexibility index (Phi) is 2.62. The van der Waals surface area contributed by atoms with Gasteiger partial charge in [-0.15, -0.1) is 0 Å². The van der Waals surface area contributed by atoms with E-state index in [0.717, 1.165) is 22.3 Å². The Balaban J connectivity index is 2.05. The first-order valence-corrected chi connectivity index (χ1v) is 5.71. The summed E-state index contributed by atoms with van der Waals surface area (Å²) in [7, 11) is 1.87. The number of aryl methyl sites for hydroxylation is 1. The second-order valence-electron chi connectivity index (χ2n) is 4.23. The average molecular weight is 242 g/mol. The maximum absolute atomic E-state index is 5.81. The van der Waals surface area contributed by atoms with Crippen molar-refractivity contribution in [3.05, 3.63) is 54.0 Å². The van der Waals surface area contributed by atoms with Gasteiger partial charge in [0.05, 0.1) is 6.20 Å². The van der Waals surface area contributed by atoms with Crippen LogP contribution in [0.25, 0.3) is 11.0 Å². The molecule has 3 rings (SSSR count). The minimum absolute atomic E-state index is 0.189. The minimum atomic E-state index is -0.189. The highest BCUT2D eigenvalue weighted by molar-refractivity contribution is 5.77. The topological polar surface area (TPSA) is 69.0 Å². The van der Waals surface area contributed by atoms with Gasteiger partial charge in [-0.1, -0.05) is 18.2 Å². The van der Waals surface area contributed by atoms with E-state index in [1.54, 1.807) is 10.9 Å². The minimum Gasteiger partial charge on any atom is -0.459 e. The maximum atomic E-state index is 5.81. The predicted molar refractivity (Wildman–Crippen MR) is 68.6 cm³/mol. The zero-order valence-electron chi connectivity index (χ0n) is 10.00. The molecule has 1 aromatic carbocycles. The van der Waals surface area contributed by atoms with E-state index in [1.807, 2.05) is 43.6 Å². The van der Waals surface area contributed by atoms with Gasteiger partial charge in [-0.3, -0.25) is 10.5 Å². The molecule has 92 valence electrons. The third-order valence-corrected chi connectivity index (χ3v) is 2.95. The predicted octanol–water partition coefficient (Wildman–Crippen LogP) is 1.72. The summed E-state index contributed by atoms with van der Waals surface area (Å²) in [4.78, 5) is 0. The second kappa shape index (κ2) is 4.29. The number of para-hydroxylation sites is 1. The molecule has 3 N–H and O–H groups in total. The summed E-state index contributed by atoms with van der Waals surface area (Å²) in [5.74, 6) is 6.40. The van der Waals surface area contributed by atoms with Crippen LogP contribution in [0.1, 0.15) is 17.4 Å². The molecule has 0 saturated heterocycles. The first-order chi connectivity index (χ1) is 8.78. The van der Waals surface area contributed by atoms with Crippen molar-refractivity contribution < 1.29 is 4.42 Å². The number of nitrogens with zero attached hydrogens (tertiary/aromatic N) is 2. The largest absolute Gasteiger partial charge is 0.459 e. The van der Waals surface area contributed by atoms with Crippen molar-refractivity contribution in [1.29, 1.82) is 0 Å². The van der Waals surface area contributed by atoms with E-state index < -0.39 is 0 Å². The smallest absolute Gasteiger partial charge is 0.134 e. The van der Waals surface area contributed by atoms with Crippen LogP contribution >= 0.6 is 0 Å².